The summed E-state index contributed by atoms with van der Waals surface area (Å²) in [4.78, 5) is 12.7. The highest BCUT2D eigenvalue weighted by Gasteiger charge is 2.65. The zero-order valence-corrected chi connectivity index (χ0v) is 17.0. The molecule has 2 saturated carbocycles. The Bertz CT molecular complexity index is 743. The number of carbonyl (C=O) groups excluding carboxylic acids is 1. The van der Waals surface area contributed by atoms with Gasteiger partial charge in [0.1, 0.15) is 24.3 Å². The van der Waals surface area contributed by atoms with Crippen LogP contribution < -0.4 is 10.1 Å². The Kier molecular flexibility index (Phi) is 4.44. The molecule has 0 amide bonds. The van der Waals surface area contributed by atoms with E-state index < -0.39 is 0 Å². The smallest absolute Gasteiger partial charge is 0.315 e. The normalized spacial score (nSPS) is 41.3. The summed E-state index contributed by atoms with van der Waals surface area (Å²) in [5, 5.41) is 2.26. The largest absolute Gasteiger partial charge is 0.497 e. The highest BCUT2D eigenvalue weighted by Crippen LogP contribution is 2.62. The minimum atomic E-state index is 0.0190. The number of quaternary nitrogens is 1. The van der Waals surface area contributed by atoms with Gasteiger partial charge in [-0.1, -0.05) is 6.92 Å². The molecule has 6 atom stereocenters. The summed E-state index contributed by atoms with van der Waals surface area (Å²) >= 11 is 0. The maximum atomic E-state index is 12.7. The van der Waals surface area contributed by atoms with Crippen LogP contribution >= 0.6 is 0 Å². The number of methoxy groups -OCH3 is 1. The standard InChI is InChI=1S/C23H31NO4/c1-22-8-3-9-23(14-27-23)20(22)10-17-18(21(25)28-19(17)11-22)13-24-12-15-4-6-16(26-2)7-5-15/h4-7,17-20,24H,3,8-14H2,1-2H3/p+1/t17-,18-,19-,20-,22-,23+/m1/s1. The van der Waals surface area contributed by atoms with Crippen LogP contribution in [0, 0.1) is 23.2 Å². The van der Waals surface area contributed by atoms with Gasteiger partial charge in [-0.25, -0.2) is 0 Å². The molecule has 2 aliphatic heterocycles. The van der Waals surface area contributed by atoms with Crippen LogP contribution in [0.2, 0.25) is 0 Å². The predicted octanol–water partition coefficient (Wildman–Crippen LogP) is 2.29. The summed E-state index contributed by atoms with van der Waals surface area (Å²) in [5.74, 6) is 1.87. The summed E-state index contributed by atoms with van der Waals surface area (Å²) < 4.78 is 17.1. The number of hydrogen-bond acceptors (Lipinski definition) is 4. The first-order valence-electron chi connectivity index (χ1n) is 10.8. The number of benzene rings is 1. The Morgan fingerprint density at radius 3 is 2.75 bits per heavy atom. The molecule has 2 saturated heterocycles. The summed E-state index contributed by atoms with van der Waals surface area (Å²) in [7, 11) is 1.68. The van der Waals surface area contributed by atoms with Crippen molar-refractivity contribution < 1.29 is 24.3 Å². The number of ether oxygens (including phenoxy) is 3. The molecule has 4 fully saturated rings. The second-order valence-electron chi connectivity index (χ2n) is 9.68. The fourth-order valence-corrected chi connectivity index (χ4v) is 6.42. The molecule has 2 aliphatic carbocycles. The van der Waals surface area contributed by atoms with Crippen LogP contribution in [0.5, 0.6) is 5.75 Å². The Morgan fingerprint density at radius 2 is 2.04 bits per heavy atom. The average molecular weight is 387 g/mol. The van der Waals surface area contributed by atoms with Crippen molar-refractivity contribution in [3.63, 3.8) is 0 Å². The number of carbonyl (C=O) groups is 1. The van der Waals surface area contributed by atoms with E-state index in [1.165, 1.54) is 24.8 Å². The van der Waals surface area contributed by atoms with Gasteiger partial charge in [-0.2, -0.15) is 0 Å². The summed E-state index contributed by atoms with van der Waals surface area (Å²) in [6.07, 6.45) is 5.92. The minimum Gasteiger partial charge on any atom is -0.497 e. The molecule has 0 radical (unpaired) electrons. The van der Waals surface area contributed by atoms with Crippen molar-refractivity contribution >= 4 is 5.97 Å². The van der Waals surface area contributed by atoms with Crippen molar-refractivity contribution in [3.8, 4) is 5.75 Å². The van der Waals surface area contributed by atoms with Crippen molar-refractivity contribution in [3.05, 3.63) is 29.8 Å². The number of rotatable bonds is 5. The van der Waals surface area contributed by atoms with Gasteiger partial charge >= 0.3 is 5.97 Å². The highest BCUT2D eigenvalue weighted by atomic mass is 16.6. The Morgan fingerprint density at radius 1 is 1.25 bits per heavy atom. The Balaban J connectivity index is 1.24. The van der Waals surface area contributed by atoms with Gasteiger partial charge in [-0.15, -0.1) is 0 Å². The molecule has 2 N–H and O–H groups in total. The summed E-state index contributed by atoms with van der Waals surface area (Å²) in [6, 6.07) is 8.16. The number of esters is 1. The molecular weight excluding hydrogens is 354 g/mol. The van der Waals surface area contributed by atoms with Crippen molar-refractivity contribution in [2.24, 2.45) is 23.2 Å². The Labute approximate surface area is 167 Å². The van der Waals surface area contributed by atoms with E-state index in [2.05, 4.69) is 24.4 Å². The second kappa shape index (κ2) is 6.74. The van der Waals surface area contributed by atoms with Crippen LogP contribution in [-0.2, 0) is 20.8 Å². The van der Waals surface area contributed by atoms with Crippen molar-refractivity contribution in [1.82, 2.24) is 0 Å². The monoisotopic (exact) mass is 386 g/mol. The van der Waals surface area contributed by atoms with E-state index in [-0.39, 0.29) is 29.0 Å². The summed E-state index contributed by atoms with van der Waals surface area (Å²) in [5.41, 5.74) is 1.65. The molecule has 2 heterocycles. The SMILES string of the molecule is COc1ccc(C[NH2+]C[C@H]2C(=O)O[C@@H]3C[C@@]4(C)CCC[C@]5(CO5)[C@@H]4C[C@@H]32)cc1. The third-order valence-corrected chi connectivity index (χ3v) is 8.04. The molecule has 28 heavy (non-hydrogen) atoms. The molecule has 5 heteroatoms. The van der Waals surface area contributed by atoms with Gasteiger partial charge in [-0.05, 0) is 67.7 Å². The zero-order chi connectivity index (χ0) is 19.4. The molecule has 5 nitrogen and oxygen atoms in total. The molecule has 0 unspecified atom stereocenters. The van der Waals surface area contributed by atoms with Crippen LogP contribution in [0.1, 0.15) is 44.6 Å². The lowest BCUT2D eigenvalue weighted by Gasteiger charge is -2.51. The maximum Gasteiger partial charge on any atom is 0.315 e. The van der Waals surface area contributed by atoms with Crippen LogP contribution in [0.15, 0.2) is 24.3 Å². The van der Waals surface area contributed by atoms with Gasteiger partial charge in [0, 0.05) is 11.5 Å². The van der Waals surface area contributed by atoms with E-state index in [9.17, 15) is 4.79 Å². The molecule has 4 aliphatic rings. The molecule has 152 valence electrons. The Hall–Kier alpha value is -1.59. The van der Waals surface area contributed by atoms with E-state index in [4.69, 9.17) is 14.2 Å². The van der Waals surface area contributed by atoms with E-state index in [1.54, 1.807) is 7.11 Å². The first-order chi connectivity index (χ1) is 13.5. The minimum absolute atomic E-state index is 0.0190. The topological polar surface area (TPSA) is 64.7 Å². The van der Waals surface area contributed by atoms with Gasteiger partial charge in [0.2, 0.25) is 0 Å². The van der Waals surface area contributed by atoms with Crippen LogP contribution in [-0.4, -0.2) is 37.9 Å². The lowest BCUT2D eigenvalue weighted by atomic mass is 9.53. The van der Waals surface area contributed by atoms with Gasteiger partial charge in [-0.3, -0.25) is 4.79 Å². The number of nitrogens with two attached hydrogens (primary N) is 1. The zero-order valence-electron chi connectivity index (χ0n) is 17.0. The van der Waals surface area contributed by atoms with Gasteiger partial charge in [0.05, 0.1) is 25.9 Å². The van der Waals surface area contributed by atoms with Crippen LogP contribution in [0.4, 0.5) is 0 Å². The van der Waals surface area contributed by atoms with Crippen molar-refractivity contribution in [2.75, 3.05) is 20.3 Å². The van der Waals surface area contributed by atoms with Gasteiger partial charge in [0.25, 0.3) is 0 Å². The van der Waals surface area contributed by atoms with Gasteiger partial charge in [0.15, 0.2) is 0 Å². The fraction of sp³-hybridized carbons (Fsp3) is 0.696. The van der Waals surface area contributed by atoms with E-state index >= 15 is 0 Å². The third kappa shape index (κ3) is 3.03. The van der Waals surface area contributed by atoms with Gasteiger partial charge < -0.3 is 19.5 Å². The highest BCUT2D eigenvalue weighted by molar-refractivity contribution is 5.75. The molecule has 1 aromatic rings. The second-order valence-corrected chi connectivity index (χ2v) is 9.68. The third-order valence-electron chi connectivity index (χ3n) is 8.04. The number of hydrogen-bond donors (Lipinski definition) is 1. The molecule has 0 bridgehead atoms. The molecular formula is C23H32NO4+. The first kappa shape index (κ1) is 18.4. The van der Waals surface area contributed by atoms with E-state index in [0.29, 0.717) is 11.8 Å². The lowest BCUT2D eigenvalue weighted by molar-refractivity contribution is -0.675. The van der Waals surface area contributed by atoms with Crippen LogP contribution in [0.25, 0.3) is 0 Å². The fourth-order valence-electron chi connectivity index (χ4n) is 6.42. The lowest BCUT2D eigenvalue weighted by Crippen LogP contribution is -2.84. The van der Waals surface area contributed by atoms with Crippen LogP contribution in [0.3, 0.4) is 0 Å². The molecule has 1 spiro atoms. The maximum absolute atomic E-state index is 12.7. The van der Waals surface area contributed by atoms with Crippen molar-refractivity contribution in [1.29, 1.82) is 0 Å². The van der Waals surface area contributed by atoms with E-state index in [0.717, 1.165) is 38.3 Å². The molecule has 1 aromatic carbocycles. The average Bonchev–Trinajstić information content (AvgIpc) is 3.39. The first-order valence-corrected chi connectivity index (χ1v) is 10.8. The summed E-state index contributed by atoms with van der Waals surface area (Å²) in [6.45, 7) is 5.02. The number of epoxide rings is 1. The number of fused-ring (bicyclic) bond motifs is 3. The predicted molar refractivity (Wildman–Crippen MR) is 104 cm³/mol. The quantitative estimate of drug-likeness (QED) is 0.623. The van der Waals surface area contributed by atoms with E-state index in [1.807, 2.05) is 12.1 Å². The van der Waals surface area contributed by atoms with Crippen molar-refractivity contribution in [2.45, 2.75) is 57.3 Å². The molecule has 0 aromatic heterocycles. The molecule has 5 rings (SSSR count).